The average molecular weight is 533 g/mol. The molecule has 0 unspecified atom stereocenters. The fraction of sp³-hybridized carbons (Fsp3) is 0.381. The zero-order chi connectivity index (χ0) is 19.8. The van der Waals surface area contributed by atoms with Crippen molar-refractivity contribution in [1.82, 2.24) is 10.6 Å². The first-order valence-electron chi connectivity index (χ1n) is 9.53. The maximum absolute atomic E-state index is 14.5. The molecule has 0 saturated carbocycles. The van der Waals surface area contributed by atoms with E-state index in [1.54, 1.807) is 6.07 Å². The molecule has 1 saturated heterocycles. The Morgan fingerprint density at radius 2 is 1.93 bits per heavy atom. The van der Waals surface area contributed by atoms with Crippen LogP contribution in [0.4, 0.5) is 10.1 Å². The van der Waals surface area contributed by atoms with E-state index >= 15 is 0 Å². The molecule has 0 aromatic heterocycles. The minimum atomic E-state index is -0.206. The molecule has 2 aromatic carbocycles. The number of ether oxygens (including phenoxy) is 1. The second kappa shape index (κ2) is 12.2. The molecular weight excluding hydrogens is 506 g/mol. The molecule has 0 atom stereocenters. The van der Waals surface area contributed by atoms with Gasteiger partial charge in [0.15, 0.2) is 5.96 Å². The summed E-state index contributed by atoms with van der Waals surface area (Å²) in [7, 11) is 0. The molecule has 0 spiro atoms. The predicted octanol–water partition coefficient (Wildman–Crippen LogP) is 4.19. The van der Waals surface area contributed by atoms with Crippen LogP contribution in [0.3, 0.4) is 0 Å². The molecule has 1 aliphatic rings. The zero-order valence-corrected chi connectivity index (χ0v) is 19.5. The molecule has 1 aliphatic heterocycles. The number of guanidine groups is 1. The van der Waals surface area contributed by atoms with Gasteiger partial charge < -0.3 is 20.3 Å². The number of rotatable bonds is 6. The third-order valence-corrected chi connectivity index (χ3v) is 4.71. The summed E-state index contributed by atoms with van der Waals surface area (Å²) in [5.41, 5.74) is 2.53. The van der Waals surface area contributed by atoms with E-state index in [2.05, 4.69) is 15.6 Å². The van der Waals surface area contributed by atoms with Crippen molar-refractivity contribution in [2.45, 2.75) is 20.0 Å². The van der Waals surface area contributed by atoms with E-state index in [1.807, 2.05) is 48.2 Å². The number of benzene rings is 2. The topological polar surface area (TPSA) is 48.9 Å². The standard InChI is InChI=1S/C21H26ClFN4O.HI/c1-2-24-21(25-14-16-4-3-5-18(22)12-16)26-15-17-6-7-20(19(23)13-17)27-8-10-28-11-9-27;/h3-7,12-13H,2,8-11,14-15H2,1H3,(H2,24,25,26);1H. The van der Waals surface area contributed by atoms with Gasteiger partial charge in [-0.3, -0.25) is 0 Å². The molecule has 2 N–H and O–H groups in total. The van der Waals surface area contributed by atoms with E-state index in [1.165, 1.54) is 0 Å². The fourth-order valence-electron chi connectivity index (χ4n) is 3.05. The largest absolute Gasteiger partial charge is 0.378 e. The van der Waals surface area contributed by atoms with Crippen molar-refractivity contribution in [3.05, 3.63) is 64.4 Å². The van der Waals surface area contributed by atoms with Crippen molar-refractivity contribution < 1.29 is 9.13 Å². The summed E-state index contributed by atoms with van der Waals surface area (Å²) in [5, 5.41) is 7.15. The van der Waals surface area contributed by atoms with Gasteiger partial charge in [-0.25, -0.2) is 9.38 Å². The molecule has 29 heavy (non-hydrogen) atoms. The van der Waals surface area contributed by atoms with Crippen LogP contribution in [0.1, 0.15) is 18.1 Å². The number of hydrogen-bond acceptors (Lipinski definition) is 3. The first-order valence-corrected chi connectivity index (χ1v) is 9.91. The van der Waals surface area contributed by atoms with Crippen LogP contribution in [-0.2, 0) is 17.8 Å². The molecule has 0 amide bonds. The zero-order valence-electron chi connectivity index (χ0n) is 16.5. The number of nitrogens with zero attached hydrogens (tertiary/aromatic N) is 2. The van der Waals surface area contributed by atoms with Crippen LogP contribution in [0.25, 0.3) is 0 Å². The molecule has 0 radical (unpaired) electrons. The normalized spacial score (nSPS) is 14.3. The Balaban J connectivity index is 0.00000300. The second-order valence-corrected chi connectivity index (χ2v) is 7.00. The molecule has 3 rings (SSSR count). The van der Waals surface area contributed by atoms with Crippen LogP contribution < -0.4 is 15.5 Å². The summed E-state index contributed by atoms with van der Waals surface area (Å²) in [6.45, 7) is 6.46. The van der Waals surface area contributed by atoms with Crippen molar-refractivity contribution in [2.24, 2.45) is 4.99 Å². The molecule has 1 heterocycles. The van der Waals surface area contributed by atoms with Gasteiger partial charge in [0.25, 0.3) is 0 Å². The van der Waals surface area contributed by atoms with Gasteiger partial charge in [0.2, 0.25) is 0 Å². The SMILES string of the molecule is CCNC(=NCc1cccc(Cl)c1)NCc1ccc(N2CCOCC2)c(F)c1.I. The van der Waals surface area contributed by atoms with Crippen LogP contribution in [0.2, 0.25) is 5.02 Å². The first kappa shape index (κ1) is 23.7. The molecule has 0 bridgehead atoms. The monoisotopic (exact) mass is 532 g/mol. The summed E-state index contributed by atoms with van der Waals surface area (Å²) >= 11 is 6.02. The highest BCUT2D eigenvalue weighted by molar-refractivity contribution is 14.0. The number of anilines is 1. The van der Waals surface area contributed by atoms with Gasteiger partial charge >= 0.3 is 0 Å². The Labute approximate surface area is 193 Å². The number of aliphatic imine (C=N–C) groups is 1. The smallest absolute Gasteiger partial charge is 0.191 e. The molecular formula is C21H27ClFIN4O. The van der Waals surface area contributed by atoms with Crippen molar-refractivity contribution in [3.63, 3.8) is 0 Å². The number of nitrogens with one attached hydrogen (secondary N) is 2. The first-order chi connectivity index (χ1) is 13.7. The maximum Gasteiger partial charge on any atom is 0.191 e. The van der Waals surface area contributed by atoms with Gasteiger partial charge in [-0.15, -0.1) is 24.0 Å². The lowest BCUT2D eigenvalue weighted by atomic mass is 10.1. The third kappa shape index (κ3) is 7.31. The Hall–Kier alpha value is -1.58. The van der Waals surface area contributed by atoms with E-state index < -0.39 is 0 Å². The van der Waals surface area contributed by atoms with E-state index in [9.17, 15) is 4.39 Å². The van der Waals surface area contributed by atoms with E-state index in [0.717, 1.165) is 30.8 Å². The van der Waals surface area contributed by atoms with Crippen LogP contribution in [0.15, 0.2) is 47.5 Å². The summed E-state index contributed by atoms with van der Waals surface area (Å²) < 4.78 is 19.9. The lowest BCUT2D eigenvalue weighted by molar-refractivity contribution is 0.122. The van der Waals surface area contributed by atoms with Crippen molar-refractivity contribution in [1.29, 1.82) is 0 Å². The summed E-state index contributed by atoms with van der Waals surface area (Å²) in [6.07, 6.45) is 0. The van der Waals surface area contributed by atoms with Crippen LogP contribution in [0, 0.1) is 5.82 Å². The van der Waals surface area contributed by atoms with Gasteiger partial charge in [-0.1, -0.05) is 29.8 Å². The van der Waals surface area contributed by atoms with Crippen molar-refractivity contribution in [2.75, 3.05) is 37.7 Å². The number of halogens is 3. The van der Waals surface area contributed by atoms with Gasteiger partial charge in [-0.2, -0.15) is 0 Å². The highest BCUT2D eigenvalue weighted by Gasteiger charge is 2.15. The highest BCUT2D eigenvalue weighted by Crippen LogP contribution is 2.21. The van der Waals surface area contributed by atoms with Gasteiger partial charge in [-0.05, 0) is 42.3 Å². The Morgan fingerprint density at radius 1 is 1.14 bits per heavy atom. The molecule has 1 fully saturated rings. The lowest BCUT2D eigenvalue weighted by Crippen LogP contribution is -2.37. The van der Waals surface area contributed by atoms with Crippen LogP contribution in [0.5, 0.6) is 0 Å². The quantitative estimate of drug-likeness (QED) is 0.333. The maximum atomic E-state index is 14.5. The van der Waals surface area contributed by atoms with Crippen LogP contribution >= 0.6 is 35.6 Å². The molecule has 5 nitrogen and oxygen atoms in total. The molecule has 158 valence electrons. The third-order valence-electron chi connectivity index (χ3n) is 4.48. The minimum absolute atomic E-state index is 0. The summed E-state index contributed by atoms with van der Waals surface area (Å²) in [6, 6.07) is 13.0. The van der Waals surface area contributed by atoms with E-state index in [4.69, 9.17) is 16.3 Å². The average Bonchev–Trinajstić information content (AvgIpc) is 2.71. The highest BCUT2D eigenvalue weighted by atomic mass is 127. The fourth-order valence-corrected chi connectivity index (χ4v) is 3.27. The Kier molecular flexibility index (Phi) is 9.96. The molecule has 0 aliphatic carbocycles. The molecule has 2 aromatic rings. The second-order valence-electron chi connectivity index (χ2n) is 6.56. The predicted molar refractivity (Wildman–Crippen MR) is 128 cm³/mol. The van der Waals surface area contributed by atoms with E-state index in [0.29, 0.717) is 43.0 Å². The molecule has 8 heteroatoms. The van der Waals surface area contributed by atoms with Crippen LogP contribution in [-0.4, -0.2) is 38.8 Å². The number of morpholine rings is 1. The summed E-state index contributed by atoms with van der Waals surface area (Å²) in [4.78, 5) is 6.59. The lowest BCUT2D eigenvalue weighted by Gasteiger charge is -2.29. The van der Waals surface area contributed by atoms with Gasteiger partial charge in [0.1, 0.15) is 5.82 Å². The van der Waals surface area contributed by atoms with E-state index in [-0.39, 0.29) is 29.8 Å². The minimum Gasteiger partial charge on any atom is -0.378 e. The summed E-state index contributed by atoms with van der Waals surface area (Å²) in [5.74, 6) is 0.474. The Bertz CT molecular complexity index is 815. The Morgan fingerprint density at radius 3 is 2.62 bits per heavy atom. The van der Waals surface area contributed by atoms with Gasteiger partial charge in [0, 0.05) is 31.2 Å². The number of hydrogen-bond donors (Lipinski definition) is 2. The van der Waals surface area contributed by atoms with Crippen molar-refractivity contribution >= 4 is 47.2 Å². The van der Waals surface area contributed by atoms with Gasteiger partial charge in [0.05, 0.1) is 25.4 Å². The van der Waals surface area contributed by atoms with Crippen molar-refractivity contribution in [3.8, 4) is 0 Å².